The second-order valence-corrected chi connectivity index (χ2v) is 9.36. The van der Waals surface area contributed by atoms with Gasteiger partial charge in [0, 0.05) is 10.3 Å². The van der Waals surface area contributed by atoms with Crippen LogP contribution in [-0.4, -0.2) is 26.5 Å². The Balaban J connectivity index is 1.65. The van der Waals surface area contributed by atoms with Crippen molar-refractivity contribution in [2.45, 2.75) is 39.7 Å². The fourth-order valence-electron chi connectivity index (χ4n) is 3.74. The highest BCUT2D eigenvalue weighted by Gasteiger charge is 2.25. The van der Waals surface area contributed by atoms with Crippen molar-refractivity contribution in [1.29, 1.82) is 5.26 Å². The summed E-state index contributed by atoms with van der Waals surface area (Å²) in [7, 11) is 0. The fourth-order valence-corrected chi connectivity index (χ4v) is 6.06. The topological polar surface area (TPSA) is 125 Å². The largest absolute Gasteiger partial charge is 0.478 e. The van der Waals surface area contributed by atoms with Crippen LogP contribution >= 0.6 is 22.7 Å². The first kappa shape index (κ1) is 20.3. The Kier molecular flexibility index (Phi) is 5.17. The van der Waals surface area contributed by atoms with Crippen molar-refractivity contribution in [3.8, 4) is 6.07 Å². The zero-order valence-corrected chi connectivity index (χ0v) is 17.9. The molecule has 10 heteroatoms. The summed E-state index contributed by atoms with van der Waals surface area (Å²) in [5.41, 5.74) is 0.829. The van der Waals surface area contributed by atoms with E-state index in [4.69, 9.17) is 0 Å². The van der Waals surface area contributed by atoms with Crippen LogP contribution in [0.4, 0.5) is 5.00 Å². The second kappa shape index (κ2) is 7.66. The number of nitrogens with zero attached hydrogens (tertiary/aromatic N) is 3. The van der Waals surface area contributed by atoms with Crippen LogP contribution in [0.25, 0.3) is 10.2 Å². The van der Waals surface area contributed by atoms with Gasteiger partial charge in [-0.05, 0) is 37.7 Å². The zero-order valence-electron chi connectivity index (χ0n) is 16.3. The zero-order chi connectivity index (χ0) is 21.6. The quantitative estimate of drug-likeness (QED) is 0.639. The van der Waals surface area contributed by atoms with E-state index in [1.54, 1.807) is 6.92 Å². The number of anilines is 1. The summed E-state index contributed by atoms with van der Waals surface area (Å²) in [5, 5.41) is 23.5. The molecule has 1 unspecified atom stereocenters. The van der Waals surface area contributed by atoms with Gasteiger partial charge in [0.05, 0.1) is 16.5 Å². The number of thiophene rings is 2. The molecule has 154 valence electrons. The van der Waals surface area contributed by atoms with Crippen molar-refractivity contribution in [1.82, 2.24) is 9.55 Å². The lowest BCUT2D eigenvalue weighted by atomic mass is 9.89. The summed E-state index contributed by atoms with van der Waals surface area (Å²) >= 11 is 2.50. The first-order valence-electron chi connectivity index (χ1n) is 9.36. The van der Waals surface area contributed by atoms with Gasteiger partial charge in [0.15, 0.2) is 0 Å². The van der Waals surface area contributed by atoms with Gasteiger partial charge >= 0.3 is 5.97 Å². The first-order valence-corrected chi connectivity index (χ1v) is 11.1. The number of carbonyl (C=O) groups is 2. The van der Waals surface area contributed by atoms with E-state index in [1.165, 1.54) is 21.3 Å². The maximum absolute atomic E-state index is 12.9. The van der Waals surface area contributed by atoms with E-state index in [1.807, 2.05) is 0 Å². The monoisotopic (exact) mass is 442 g/mol. The SMILES string of the molecule is Cc1nc2scc(C(=O)O)c2c(=O)n1CC(=O)Nc1sc2c(c1C#N)CCC(C)C2. The lowest BCUT2D eigenvalue weighted by Gasteiger charge is -2.17. The fraction of sp³-hybridized carbons (Fsp3) is 0.350. The van der Waals surface area contributed by atoms with Crippen molar-refractivity contribution in [3.63, 3.8) is 0 Å². The molecule has 3 aromatic rings. The van der Waals surface area contributed by atoms with E-state index < -0.39 is 17.4 Å². The van der Waals surface area contributed by atoms with Crippen LogP contribution < -0.4 is 10.9 Å². The number of carboxylic acids is 1. The highest BCUT2D eigenvalue weighted by molar-refractivity contribution is 7.17. The molecular weight excluding hydrogens is 424 g/mol. The van der Waals surface area contributed by atoms with Gasteiger partial charge in [0.1, 0.15) is 28.3 Å². The van der Waals surface area contributed by atoms with Crippen LogP contribution in [-0.2, 0) is 24.2 Å². The van der Waals surface area contributed by atoms with Crippen molar-refractivity contribution in [2.75, 3.05) is 5.32 Å². The van der Waals surface area contributed by atoms with E-state index in [-0.39, 0.29) is 17.5 Å². The van der Waals surface area contributed by atoms with Crippen molar-refractivity contribution < 1.29 is 14.7 Å². The maximum atomic E-state index is 12.9. The molecule has 1 aliphatic carbocycles. The second-order valence-electron chi connectivity index (χ2n) is 7.40. The van der Waals surface area contributed by atoms with Gasteiger partial charge < -0.3 is 10.4 Å². The summed E-state index contributed by atoms with van der Waals surface area (Å²) in [6.07, 6.45) is 2.72. The number of rotatable bonds is 4. The number of aromatic nitrogens is 2. The van der Waals surface area contributed by atoms with Gasteiger partial charge in [-0.2, -0.15) is 5.26 Å². The molecular formula is C20H18N4O4S2. The normalized spacial score (nSPS) is 15.6. The molecule has 1 atom stereocenters. The van der Waals surface area contributed by atoms with E-state index in [9.17, 15) is 24.8 Å². The third-order valence-electron chi connectivity index (χ3n) is 5.29. The molecule has 0 saturated heterocycles. The number of aromatic carboxylic acids is 1. The number of nitriles is 1. The summed E-state index contributed by atoms with van der Waals surface area (Å²) in [4.78, 5) is 42.7. The number of carbonyl (C=O) groups excluding carboxylic acids is 1. The summed E-state index contributed by atoms with van der Waals surface area (Å²) < 4.78 is 1.17. The van der Waals surface area contributed by atoms with Crippen LogP contribution in [0.2, 0.25) is 0 Å². The van der Waals surface area contributed by atoms with E-state index in [0.717, 1.165) is 41.0 Å². The molecule has 0 bridgehead atoms. The third kappa shape index (κ3) is 3.40. The highest BCUT2D eigenvalue weighted by atomic mass is 32.1. The average molecular weight is 443 g/mol. The number of fused-ring (bicyclic) bond motifs is 2. The molecule has 8 nitrogen and oxygen atoms in total. The van der Waals surface area contributed by atoms with Crippen LogP contribution in [0.3, 0.4) is 0 Å². The minimum Gasteiger partial charge on any atom is -0.478 e. The van der Waals surface area contributed by atoms with E-state index in [2.05, 4.69) is 23.3 Å². The van der Waals surface area contributed by atoms with Crippen molar-refractivity contribution in [3.05, 3.63) is 43.1 Å². The Morgan fingerprint density at radius 1 is 1.47 bits per heavy atom. The molecule has 0 aliphatic heterocycles. The van der Waals surface area contributed by atoms with Gasteiger partial charge in [-0.25, -0.2) is 9.78 Å². The van der Waals surface area contributed by atoms with Gasteiger partial charge in [-0.1, -0.05) is 6.92 Å². The first-order chi connectivity index (χ1) is 14.3. The number of amides is 1. The Morgan fingerprint density at radius 2 is 2.23 bits per heavy atom. The van der Waals surface area contributed by atoms with Gasteiger partial charge in [-0.3, -0.25) is 14.2 Å². The molecule has 4 rings (SSSR count). The van der Waals surface area contributed by atoms with Crippen molar-refractivity contribution in [2.24, 2.45) is 5.92 Å². The predicted molar refractivity (Wildman–Crippen MR) is 114 cm³/mol. The molecule has 0 saturated carbocycles. The Hall–Kier alpha value is -3.03. The summed E-state index contributed by atoms with van der Waals surface area (Å²) in [5.74, 6) is -0.811. The number of nitrogens with one attached hydrogen (secondary N) is 1. The molecule has 2 N–H and O–H groups in total. The standard InChI is InChI=1S/C20H18N4O4S2/c1-9-3-4-11-12(6-21)17(30-14(11)5-9)23-15(25)7-24-10(2)22-18-16(19(24)26)13(8-29-18)20(27)28/h8-9H,3-5,7H2,1-2H3,(H,23,25)(H,27,28). The molecule has 0 radical (unpaired) electrons. The minimum absolute atomic E-state index is 0.00388. The lowest BCUT2D eigenvalue weighted by Crippen LogP contribution is -2.30. The molecule has 0 aromatic carbocycles. The van der Waals surface area contributed by atoms with E-state index in [0.29, 0.717) is 27.1 Å². The maximum Gasteiger partial charge on any atom is 0.337 e. The smallest absolute Gasteiger partial charge is 0.337 e. The third-order valence-corrected chi connectivity index (χ3v) is 7.34. The molecule has 0 fully saturated rings. The molecule has 0 spiro atoms. The number of hydrogen-bond donors (Lipinski definition) is 2. The van der Waals surface area contributed by atoms with Gasteiger partial charge in [-0.15, -0.1) is 22.7 Å². The molecule has 3 aromatic heterocycles. The Morgan fingerprint density at radius 3 is 2.93 bits per heavy atom. The van der Waals surface area contributed by atoms with Crippen LogP contribution in [0, 0.1) is 24.2 Å². The van der Waals surface area contributed by atoms with Gasteiger partial charge in [0.25, 0.3) is 5.56 Å². The summed E-state index contributed by atoms with van der Waals surface area (Å²) in [6.45, 7) is 3.45. The molecule has 30 heavy (non-hydrogen) atoms. The predicted octanol–water partition coefficient (Wildman–Crippen LogP) is 3.16. The van der Waals surface area contributed by atoms with Crippen molar-refractivity contribution >= 4 is 49.8 Å². The minimum atomic E-state index is -1.21. The number of hydrogen-bond acceptors (Lipinski definition) is 7. The number of aryl methyl sites for hydroxylation is 1. The molecule has 1 aliphatic rings. The van der Waals surface area contributed by atoms with E-state index >= 15 is 0 Å². The van der Waals surface area contributed by atoms with Crippen LogP contribution in [0.1, 0.15) is 45.5 Å². The van der Waals surface area contributed by atoms with Gasteiger partial charge in [0.2, 0.25) is 5.91 Å². The lowest BCUT2D eigenvalue weighted by molar-refractivity contribution is -0.116. The average Bonchev–Trinajstić information content (AvgIpc) is 3.25. The van der Waals surface area contributed by atoms with Crippen LogP contribution in [0.15, 0.2) is 10.2 Å². The summed E-state index contributed by atoms with van der Waals surface area (Å²) in [6, 6.07) is 2.20. The number of carboxylic acid groups (broad SMARTS) is 1. The van der Waals surface area contributed by atoms with Crippen LogP contribution in [0.5, 0.6) is 0 Å². The Labute approximate surface area is 179 Å². The molecule has 3 heterocycles. The Bertz CT molecular complexity index is 1290. The molecule has 1 amide bonds. The highest BCUT2D eigenvalue weighted by Crippen LogP contribution is 2.39.